The molecule has 0 aromatic rings. The summed E-state index contributed by atoms with van der Waals surface area (Å²) in [6.07, 6.45) is 39.6. The highest BCUT2D eigenvalue weighted by Crippen LogP contribution is 2.24. The molecule has 1 atom stereocenters. The van der Waals surface area contributed by atoms with Crippen molar-refractivity contribution in [2.24, 2.45) is 11.8 Å². The van der Waals surface area contributed by atoms with Crippen LogP contribution in [0.4, 0.5) is 4.79 Å². The van der Waals surface area contributed by atoms with E-state index in [4.69, 9.17) is 18.9 Å². The molecule has 0 saturated carbocycles. The normalized spacial score (nSPS) is 12.3. The number of unbranched alkanes of at least 4 members (excludes halogenated alkanes) is 16. The first kappa shape index (κ1) is 54.6. The van der Waals surface area contributed by atoms with Crippen LogP contribution in [-0.4, -0.2) is 69.1 Å². The number of carbonyl (C=O) groups is 3. The molecule has 0 radical (unpaired) electrons. The third kappa shape index (κ3) is 38.9. The van der Waals surface area contributed by atoms with Crippen LogP contribution in [0.5, 0.6) is 0 Å². The summed E-state index contributed by atoms with van der Waals surface area (Å²) in [5.74, 6) is -0.179. The molecule has 0 aliphatic carbocycles. The number of hydrogen-bond donors (Lipinski definition) is 0. The van der Waals surface area contributed by atoms with Crippen LogP contribution in [0.25, 0.3) is 0 Å². The second kappa shape index (κ2) is 43.2. The Morgan fingerprint density at radius 3 is 1.42 bits per heavy atom. The van der Waals surface area contributed by atoms with Crippen molar-refractivity contribution in [1.82, 2.24) is 4.90 Å². The van der Waals surface area contributed by atoms with Crippen molar-refractivity contribution in [3.8, 4) is 0 Å². The molecule has 334 valence electrons. The number of ether oxygens (including phenoxy) is 4. The number of carbonyl (C=O) groups excluding carboxylic acids is 3. The van der Waals surface area contributed by atoms with Crippen molar-refractivity contribution >= 4 is 18.1 Å². The maximum absolute atomic E-state index is 12.7. The van der Waals surface area contributed by atoms with Gasteiger partial charge in [0.05, 0.1) is 12.5 Å². The molecule has 0 spiro atoms. The van der Waals surface area contributed by atoms with Crippen LogP contribution in [0.3, 0.4) is 0 Å². The highest BCUT2D eigenvalue weighted by Gasteiger charge is 2.19. The molecule has 0 aromatic carbocycles. The van der Waals surface area contributed by atoms with Crippen molar-refractivity contribution in [2.45, 2.75) is 214 Å². The SMILES string of the molecule is CCCCCC=CCC=CCCCCCCCC(=O)OCC(COC(=O)CCCCCC(CCCCCC)CCCCCC)COC(=O)OCCCN(CC)CC. The lowest BCUT2D eigenvalue weighted by molar-refractivity contribution is -0.150. The summed E-state index contributed by atoms with van der Waals surface area (Å²) in [6.45, 7) is 14.0. The lowest BCUT2D eigenvalue weighted by Crippen LogP contribution is -2.27. The quantitative estimate of drug-likeness (QED) is 0.0261. The van der Waals surface area contributed by atoms with Gasteiger partial charge in [-0.05, 0) is 70.4 Å². The molecule has 0 saturated heterocycles. The highest BCUT2D eigenvalue weighted by atomic mass is 16.7. The lowest BCUT2D eigenvalue weighted by Gasteiger charge is -2.18. The number of rotatable bonds is 42. The molecule has 1 unspecified atom stereocenters. The Kier molecular flexibility index (Phi) is 41.5. The summed E-state index contributed by atoms with van der Waals surface area (Å²) in [5.41, 5.74) is 0. The van der Waals surface area contributed by atoms with Gasteiger partial charge in [-0.2, -0.15) is 0 Å². The van der Waals surface area contributed by atoms with Gasteiger partial charge < -0.3 is 23.8 Å². The first-order chi connectivity index (χ1) is 27.9. The van der Waals surface area contributed by atoms with Crippen LogP contribution in [0.15, 0.2) is 24.3 Å². The minimum atomic E-state index is -0.753. The Balaban J connectivity index is 4.60. The predicted octanol–water partition coefficient (Wildman–Crippen LogP) is 13.9. The fraction of sp³-hybridized carbons (Fsp3) is 0.857. The van der Waals surface area contributed by atoms with E-state index in [1.165, 1.54) is 103 Å². The van der Waals surface area contributed by atoms with E-state index in [0.29, 0.717) is 12.8 Å². The smallest absolute Gasteiger partial charge is 0.465 e. The summed E-state index contributed by atoms with van der Waals surface area (Å²) in [4.78, 5) is 39.9. The van der Waals surface area contributed by atoms with Gasteiger partial charge in [0.15, 0.2) is 0 Å². The van der Waals surface area contributed by atoms with Gasteiger partial charge in [-0.1, -0.05) is 174 Å². The summed E-state index contributed by atoms with van der Waals surface area (Å²) in [7, 11) is 0. The van der Waals surface area contributed by atoms with Crippen LogP contribution in [0.2, 0.25) is 0 Å². The maximum Gasteiger partial charge on any atom is 0.508 e. The van der Waals surface area contributed by atoms with Gasteiger partial charge in [0.2, 0.25) is 0 Å². The van der Waals surface area contributed by atoms with Gasteiger partial charge in [-0.25, -0.2) is 4.79 Å². The highest BCUT2D eigenvalue weighted by molar-refractivity contribution is 5.69. The van der Waals surface area contributed by atoms with E-state index < -0.39 is 12.1 Å². The molecule has 8 nitrogen and oxygen atoms in total. The van der Waals surface area contributed by atoms with Crippen LogP contribution < -0.4 is 0 Å². The second-order valence-corrected chi connectivity index (χ2v) is 16.2. The van der Waals surface area contributed by atoms with Gasteiger partial charge in [0.1, 0.15) is 19.8 Å². The van der Waals surface area contributed by atoms with Crippen LogP contribution in [0.1, 0.15) is 214 Å². The average Bonchev–Trinajstić information content (AvgIpc) is 3.21. The molecule has 0 heterocycles. The number of allylic oxidation sites excluding steroid dienone is 4. The van der Waals surface area contributed by atoms with Gasteiger partial charge in [-0.3, -0.25) is 9.59 Å². The zero-order chi connectivity index (χ0) is 41.9. The molecule has 0 aliphatic rings. The molecule has 0 aliphatic heterocycles. The van der Waals surface area contributed by atoms with E-state index in [2.05, 4.69) is 63.8 Å². The fourth-order valence-corrected chi connectivity index (χ4v) is 7.03. The van der Waals surface area contributed by atoms with Crippen molar-refractivity contribution in [1.29, 1.82) is 0 Å². The van der Waals surface area contributed by atoms with Crippen molar-refractivity contribution in [3.05, 3.63) is 24.3 Å². The first-order valence-electron chi connectivity index (χ1n) is 24.0. The minimum Gasteiger partial charge on any atom is -0.465 e. The minimum absolute atomic E-state index is 0.0273. The molecule has 0 bridgehead atoms. The van der Waals surface area contributed by atoms with E-state index in [9.17, 15) is 14.4 Å². The molecule has 0 N–H and O–H groups in total. The molecule has 57 heavy (non-hydrogen) atoms. The van der Waals surface area contributed by atoms with Gasteiger partial charge in [0, 0.05) is 19.4 Å². The molecule has 0 amide bonds. The summed E-state index contributed by atoms with van der Waals surface area (Å²) < 4.78 is 21.8. The van der Waals surface area contributed by atoms with Crippen LogP contribution >= 0.6 is 0 Å². The molecular formula is C49H91NO7. The second-order valence-electron chi connectivity index (χ2n) is 16.2. The average molecular weight is 806 g/mol. The molecule has 0 aromatic heterocycles. The summed E-state index contributed by atoms with van der Waals surface area (Å²) in [6, 6.07) is 0. The van der Waals surface area contributed by atoms with Crippen molar-refractivity contribution in [2.75, 3.05) is 46.1 Å². The monoisotopic (exact) mass is 806 g/mol. The zero-order valence-corrected chi connectivity index (χ0v) is 38.0. The topological polar surface area (TPSA) is 91.4 Å². The van der Waals surface area contributed by atoms with Gasteiger partial charge >= 0.3 is 18.1 Å². The Labute approximate surface area is 352 Å². The number of hydrogen-bond acceptors (Lipinski definition) is 8. The van der Waals surface area contributed by atoms with E-state index in [1.54, 1.807) is 0 Å². The number of nitrogens with zero attached hydrogens (tertiary/aromatic N) is 1. The van der Waals surface area contributed by atoms with E-state index in [1.807, 2.05) is 0 Å². The first-order valence-corrected chi connectivity index (χ1v) is 24.0. The van der Waals surface area contributed by atoms with E-state index in [-0.39, 0.29) is 38.4 Å². The fourth-order valence-electron chi connectivity index (χ4n) is 7.03. The van der Waals surface area contributed by atoms with Crippen LogP contribution in [0, 0.1) is 11.8 Å². The lowest BCUT2D eigenvalue weighted by atomic mass is 9.89. The van der Waals surface area contributed by atoms with Gasteiger partial charge in [-0.15, -0.1) is 0 Å². The summed E-state index contributed by atoms with van der Waals surface area (Å²) in [5, 5.41) is 0. The standard InChI is InChI=1S/C49H91NO7/c1-6-11-14-17-18-19-20-21-22-23-24-25-26-27-32-38-47(51)55-42-46(44-57-49(53)54-41-34-40-50(9-4)10-5)43-56-48(52)39-33-28-31-37-45(35-29-15-12-7-2)36-30-16-13-8-3/h18-19,21-22,45-46H,6-17,20,23-44H2,1-5H3. The Bertz CT molecular complexity index is 951. The molecular weight excluding hydrogens is 715 g/mol. The third-order valence-corrected chi connectivity index (χ3v) is 10.9. The number of esters is 2. The predicted molar refractivity (Wildman–Crippen MR) is 239 cm³/mol. The van der Waals surface area contributed by atoms with Gasteiger partial charge in [0.25, 0.3) is 0 Å². The Hall–Kier alpha value is -2.35. The largest absolute Gasteiger partial charge is 0.508 e. The molecule has 8 heteroatoms. The zero-order valence-electron chi connectivity index (χ0n) is 38.0. The Morgan fingerprint density at radius 1 is 0.456 bits per heavy atom. The molecule has 0 fully saturated rings. The van der Waals surface area contributed by atoms with Crippen molar-refractivity contribution < 1.29 is 33.3 Å². The van der Waals surface area contributed by atoms with E-state index in [0.717, 1.165) is 89.8 Å². The maximum atomic E-state index is 12.7. The van der Waals surface area contributed by atoms with Crippen LogP contribution in [-0.2, 0) is 28.5 Å². The third-order valence-electron chi connectivity index (χ3n) is 10.9. The molecule has 0 rings (SSSR count). The van der Waals surface area contributed by atoms with Crippen molar-refractivity contribution in [3.63, 3.8) is 0 Å². The Morgan fingerprint density at radius 2 is 0.895 bits per heavy atom. The van der Waals surface area contributed by atoms with E-state index >= 15 is 0 Å². The summed E-state index contributed by atoms with van der Waals surface area (Å²) >= 11 is 0.